The van der Waals surface area contributed by atoms with Crippen molar-refractivity contribution in [2.75, 3.05) is 46.5 Å². The van der Waals surface area contributed by atoms with Gasteiger partial charge in [-0.05, 0) is 31.2 Å². The van der Waals surface area contributed by atoms with Crippen LogP contribution in [0.3, 0.4) is 0 Å². The monoisotopic (exact) mass is 347 g/mol. The summed E-state index contributed by atoms with van der Waals surface area (Å²) in [5.41, 5.74) is 0.493. The molecule has 8 heteroatoms. The van der Waals surface area contributed by atoms with E-state index >= 15 is 0 Å². The molecule has 1 saturated heterocycles. The fourth-order valence-corrected chi connectivity index (χ4v) is 3.21. The second-order valence-electron chi connectivity index (χ2n) is 5.57. The smallest absolute Gasteiger partial charge is 0.232 e. The van der Waals surface area contributed by atoms with Crippen LogP contribution in [0.2, 0.25) is 0 Å². The van der Waals surface area contributed by atoms with Gasteiger partial charge in [0, 0.05) is 32.4 Å². The molecule has 0 unspecified atom stereocenters. The first kappa shape index (κ1) is 16.5. The van der Waals surface area contributed by atoms with Crippen molar-refractivity contribution in [1.29, 1.82) is 0 Å². The molecule has 0 saturated carbocycles. The Morgan fingerprint density at radius 3 is 2.17 bits per heavy atom. The van der Waals surface area contributed by atoms with Gasteiger partial charge in [-0.3, -0.25) is 4.72 Å². The molecular formula is C16H21N5O2S. The van der Waals surface area contributed by atoms with Gasteiger partial charge in [-0.2, -0.15) is 0 Å². The quantitative estimate of drug-likeness (QED) is 0.884. The first-order valence-electron chi connectivity index (χ1n) is 7.95. The van der Waals surface area contributed by atoms with Crippen LogP contribution in [-0.2, 0) is 10.0 Å². The molecule has 3 heterocycles. The molecule has 2 aromatic heterocycles. The van der Waals surface area contributed by atoms with Crippen LogP contribution < -0.4 is 14.5 Å². The Bertz CT molecular complexity index is 757. The predicted octanol–water partition coefficient (Wildman–Crippen LogP) is 1.56. The lowest BCUT2D eigenvalue weighted by molar-refractivity contribution is 0.602. The zero-order chi connectivity index (χ0) is 17.0. The highest BCUT2D eigenvalue weighted by atomic mass is 32.2. The molecule has 3 rings (SSSR count). The van der Waals surface area contributed by atoms with E-state index in [2.05, 4.69) is 24.5 Å². The average molecular weight is 347 g/mol. The lowest BCUT2D eigenvalue weighted by atomic mass is 10.3. The van der Waals surface area contributed by atoms with Crippen LogP contribution in [-0.4, -0.2) is 50.3 Å². The van der Waals surface area contributed by atoms with Gasteiger partial charge in [-0.1, -0.05) is 6.07 Å². The summed E-state index contributed by atoms with van der Waals surface area (Å²) in [6.07, 6.45) is 3.37. The molecule has 1 fully saturated rings. The number of pyridine rings is 2. The Kier molecular flexibility index (Phi) is 4.84. The summed E-state index contributed by atoms with van der Waals surface area (Å²) in [7, 11) is -3.27. The number of rotatable bonds is 5. The third-order valence-electron chi connectivity index (χ3n) is 3.98. The van der Waals surface area contributed by atoms with E-state index in [1.54, 1.807) is 25.4 Å². The molecule has 0 atom stereocenters. The largest absolute Gasteiger partial charge is 0.353 e. The molecule has 2 aromatic rings. The Labute approximate surface area is 142 Å². The van der Waals surface area contributed by atoms with Gasteiger partial charge in [0.05, 0.1) is 17.6 Å². The molecule has 0 aromatic carbocycles. The number of anilines is 3. The van der Waals surface area contributed by atoms with E-state index in [0.29, 0.717) is 5.69 Å². The van der Waals surface area contributed by atoms with Crippen molar-refractivity contribution < 1.29 is 8.42 Å². The summed E-state index contributed by atoms with van der Waals surface area (Å²) in [5.74, 6) is 1.90. The number of hydrogen-bond donors (Lipinski definition) is 1. The first-order chi connectivity index (χ1) is 11.6. The summed E-state index contributed by atoms with van der Waals surface area (Å²) in [6, 6.07) is 9.53. The van der Waals surface area contributed by atoms with Gasteiger partial charge in [0.2, 0.25) is 10.0 Å². The van der Waals surface area contributed by atoms with Gasteiger partial charge in [-0.15, -0.1) is 0 Å². The molecule has 1 N–H and O–H groups in total. The van der Waals surface area contributed by atoms with Crippen LogP contribution >= 0.6 is 0 Å². The highest BCUT2D eigenvalue weighted by Gasteiger charge is 2.19. The van der Waals surface area contributed by atoms with Gasteiger partial charge in [0.15, 0.2) is 0 Å². The topological polar surface area (TPSA) is 78.4 Å². The standard InChI is InChI=1S/C16H21N5O2S/c1-2-24(22,23)19-14-6-7-16(18-13-14)21-11-9-20(10-12-21)15-5-3-4-8-17-15/h3-8,13,19H,2,9-12H2,1H3. The summed E-state index contributed by atoms with van der Waals surface area (Å²) < 4.78 is 25.6. The van der Waals surface area contributed by atoms with Crippen molar-refractivity contribution in [1.82, 2.24) is 9.97 Å². The van der Waals surface area contributed by atoms with E-state index in [-0.39, 0.29) is 5.75 Å². The first-order valence-corrected chi connectivity index (χ1v) is 9.60. The molecular weight excluding hydrogens is 326 g/mol. The number of nitrogens with one attached hydrogen (secondary N) is 1. The fraction of sp³-hybridized carbons (Fsp3) is 0.375. The number of aromatic nitrogens is 2. The molecule has 7 nitrogen and oxygen atoms in total. The second kappa shape index (κ2) is 7.04. The minimum Gasteiger partial charge on any atom is -0.353 e. The SMILES string of the molecule is CCS(=O)(=O)Nc1ccc(N2CCN(c3ccccn3)CC2)nc1. The Balaban J connectivity index is 1.60. The van der Waals surface area contributed by atoms with Crippen LogP contribution in [0.5, 0.6) is 0 Å². The second-order valence-corrected chi connectivity index (χ2v) is 7.58. The molecule has 128 valence electrons. The van der Waals surface area contributed by atoms with Gasteiger partial charge in [0.25, 0.3) is 0 Å². The summed E-state index contributed by atoms with van der Waals surface area (Å²) in [6.45, 7) is 5.06. The van der Waals surface area contributed by atoms with Crippen LogP contribution in [0.1, 0.15) is 6.92 Å². The lowest BCUT2D eigenvalue weighted by Crippen LogP contribution is -2.47. The van der Waals surface area contributed by atoms with Crippen LogP contribution in [0, 0.1) is 0 Å². The van der Waals surface area contributed by atoms with E-state index < -0.39 is 10.0 Å². The average Bonchev–Trinajstić information content (AvgIpc) is 2.63. The van der Waals surface area contributed by atoms with Crippen LogP contribution in [0.15, 0.2) is 42.7 Å². The Morgan fingerprint density at radius 1 is 1.00 bits per heavy atom. The maximum atomic E-state index is 11.6. The van der Waals surface area contributed by atoms with E-state index in [1.807, 2.05) is 24.3 Å². The van der Waals surface area contributed by atoms with Crippen molar-refractivity contribution in [3.8, 4) is 0 Å². The summed E-state index contributed by atoms with van der Waals surface area (Å²) in [4.78, 5) is 13.2. The zero-order valence-corrected chi connectivity index (χ0v) is 14.4. The normalized spacial score (nSPS) is 15.4. The maximum absolute atomic E-state index is 11.6. The number of piperazine rings is 1. The molecule has 0 spiro atoms. The van der Waals surface area contributed by atoms with Gasteiger partial charge < -0.3 is 9.80 Å². The minimum atomic E-state index is -3.27. The zero-order valence-electron chi connectivity index (χ0n) is 13.6. The third kappa shape index (κ3) is 3.94. The molecule has 0 amide bonds. The van der Waals surface area contributed by atoms with Gasteiger partial charge >= 0.3 is 0 Å². The van der Waals surface area contributed by atoms with E-state index in [1.165, 1.54) is 0 Å². The van der Waals surface area contributed by atoms with Crippen molar-refractivity contribution >= 4 is 27.3 Å². The molecule has 0 bridgehead atoms. The van der Waals surface area contributed by atoms with Crippen LogP contribution in [0.25, 0.3) is 0 Å². The predicted molar refractivity (Wildman–Crippen MR) is 96.0 cm³/mol. The van der Waals surface area contributed by atoms with Crippen molar-refractivity contribution in [2.45, 2.75) is 6.92 Å². The van der Waals surface area contributed by atoms with E-state index in [4.69, 9.17) is 0 Å². The van der Waals surface area contributed by atoms with E-state index in [0.717, 1.165) is 37.8 Å². The van der Waals surface area contributed by atoms with E-state index in [9.17, 15) is 8.42 Å². The highest BCUT2D eigenvalue weighted by molar-refractivity contribution is 7.92. The number of hydrogen-bond acceptors (Lipinski definition) is 6. The molecule has 1 aliphatic heterocycles. The summed E-state index contributed by atoms with van der Waals surface area (Å²) in [5, 5.41) is 0. The molecule has 1 aliphatic rings. The number of nitrogens with zero attached hydrogens (tertiary/aromatic N) is 4. The van der Waals surface area contributed by atoms with Crippen molar-refractivity contribution in [2.24, 2.45) is 0 Å². The summed E-state index contributed by atoms with van der Waals surface area (Å²) >= 11 is 0. The molecule has 0 aliphatic carbocycles. The number of sulfonamides is 1. The fourth-order valence-electron chi connectivity index (χ4n) is 2.59. The van der Waals surface area contributed by atoms with Crippen LogP contribution in [0.4, 0.5) is 17.3 Å². The Hall–Kier alpha value is -2.35. The van der Waals surface area contributed by atoms with Crippen molar-refractivity contribution in [3.05, 3.63) is 42.7 Å². The molecule has 24 heavy (non-hydrogen) atoms. The maximum Gasteiger partial charge on any atom is 0.232 e. The van der Waals surface area contributed by atoms with Gasteiger partial charge in [0.1, 0.15) is 11.6 Å². The highest BCUT2D eigenvalue weighted by Crippen LogP contribution is 2.19. The Morgan fingerprint density at radius 2 is 1.67 bits per heavy atom. The third-order valence-corrected chi connectivity index (χ3v) is 5.28. The van der Waals surface area contributed by atoms with Crippen molar-refractivity contribution in [3.63, 3.8) is 0 Å². The lowest BCUT2D eigenvalue weighted by Gasteiger charge is -2.36. The minimum absolute atomic E-state index is 0.0459. The molecule has 0 radical (unpaired) electrons. The van der Waals surface area contributed by atoms with Gasteiger partial charge in [-0.25, -0.2) is 18.4 Å².